The molecule has 1 aliphatic heterocycles. The maximum atomic E-state index is 4.17. The summed E-state index contributed by atoms with van der Waals surface area (Å²) in [5.41, 5.74) is 1.12. The SMILES string of the molecule is C=CC(C)(C)C1(C)CC2SC2CCCCCC(C)(CC)C1. The molecule has 122 valence electrons. The van der Waals surface area contributed by atoms with Gasteiger partial charge in [0.25, 0.3) is 0 Å². The molecule has 2 rings (SSSR count). The van der Waals surface area contributed by atoms with Gasteiger partial charge in [-0.05, 0) is 41.9 Å². The van der Waals surface area contributed by atoms with Crippen molar-refractivity contribution in [2.24, 2.45) is 16.2 Å². The van der Waals surface area contributed by atoms with Gasteiger partial charge >= 0.3 is 0 Å². The molecule has 0 amide bonds. The lowest BCUT2D eigenvalue weighted by molar-refractivity contribution is 0.0475. The van der Waals surface area contributed by atoms with E-state index in [1.54, 1.807) is 0 Å². The molecule has 0 bridgehead atoms. The van der Waals surface area contributed by atoms with E-state index >= 15 is 0 Å². The van der Waals surface area contributed by atoms with Crippen LogP contribution in [0, 0.1) is 16.2 Å². The predicted octanol–water partition coefficient (Wildman–Crippen LogP) is 6.85. The molecule has 1 saturated carbocycles. The zero-order valence-corrected chi connectivity index (χ0v) is 15.8. The Hall–Kier alpha value is 0.0900. The van der Waals surface area contributed by atoms with Crippen molar-refractivity contribution in [3.63, 3.8) is 0 Å². The van der Waals surface area contributed by atoms with Crippen LogP contribution in [0.25, 0.3) is 0 Å². The molecule has 1 aliphatic carbocycles. The Labute approximate surface area is 137 Å². The minimum absolute atomic E-state index is 0.227. The summed E-state index contributed by atoms with van der Waals surface area (Å²) in [6, 6.07) is 0. The highest BCUT2D eigenvalue weighted by atomic mass is 32.2. The summed E-state index contributed by atoms with van der Waals surface area (Å²) >= 11 is 2.25. The summed E-state index contributed by atoms with van der Waals surface area (Å²) in [5.74, 6) is 0. The molecular formula is C20H36S. The molecule has 4 atom stereocenters. The fourth-order valence-corrected chi connectivity index (χ4v) is 5.63. The van der Waals surface area contributed by atoms with Crippen molar-refractivity contribution in [3.8, 4) is 0 Å². The molecule has 0 aromatic rings. The first-order chi connectivity index (χ1) is 9.75. The predicted molar refractivity (Wildman–Crippen MR) is 98.0 cm³/mol. The van der Waals surface area contributed by atoms with Crippen molar-refractivity contribution in [1.82, 2.24) is 0 Å². The largest absolute Gasteiger partial charge is 0.153 e. The fourth-order valence-electron chi connectivity index (χ4n) is 4.27. The highest BCUT2D eigenvalue weighted by Gasteiger charge is 2.49. The molecule has 0 N–H and O–H groups in total. The highest BCUT2D eigenvalue weighted by Crippen LogP contribution is 2.59. The van der Waals surface area contributed by atoms with Gasteiger partial charge in [-0.15, -0.1) is 6.58 Å². The minimum Gasteiger partial charge on any atom is -0.153 e. The van der Waals surface area contributed by atoms with E-state index in [0.717, 1.165) is 10.5 Å². The Morgan fingerprint density at radius 1 is 1.19 bits per heavy atom. The van der Waals surface area contributed by atoms with Crippen LogP contribution in [0.4, 0.5) is 0 Å². The molecule has 1 heterocycles. The van der Waals surface area contributed by atoms with Crippen molar-refractivity contribution >= 4 is 11.8 Å². The Bertz CT molecular complexity index is 372. The van der Waals surface area contributed by atoms with Gasteiger partial charge in [0.2, 0.25) is 0 Å². The van der Waals surface area contributed by atoms with Crippen LogP contribution in [-0.2, 0) is 0 Å². The van der Waals surface area contributed by atoms with E-state index < -0.39 is 0 Å². The Kier molecular flexibility index (Phi) is 5.23. The van der Waals surface area contributed by atoms with Crippen LogP contribution < -0.4 is 0 Å². The van der Waals surface area contributed by atoms with Crippen LogP contribution in [0.2, 0.25) is 0 Å². The van der Waals surface area contributed by atoms with Crippen LogP contribution in [0.5, 0.6) is 0 Å². The maximum absolute atomic E-state index is 4.17. The fraction of sp³-hybridized carbons (Fsp3) is 0.900. The first kappa shape index (κ1) is 17.4. The van der Waals surface area contributed by atoms with Gasteiger partial charge in [0.1, 0.15) is 0 Å². The summed E-state index contributed by atoms with van der Waals surface area (Å²) in [5, 5.41) is 1.89. The molecule has 2 aliphatic rings. The molecule has 0 spiro atoms. The zero-order valence-electron chi connectivity index (χ0n) is 15.0. The molecule has 1 heteroatoms. The molecule has 0 aromatic heterocycles. The first-order valence-corrected chi connectivity index (χ1v) is 9.99. The van der Waals surface area contributed by atoms with Crippen LogP contribution >= 0.6 is 11.8 Å². The van der Waals surface area contributed by atoms with E-state index in [0.29, 0.717) is 10.8 Å². The molecule has 0 radical (unpaired) electrons. The molecule has 1 saturated heterocycles. The third kappa shape index (κ3) is 3.89. The number of allylic oxidation sites excluding steroid dienone is 1. The van der Waals surface area contributed by atoms with Crippen molar-refractivity contribution < 1.29 is 0 Å². The summed E-state index contributed by atoms with van der Waals surface area (Å²) in [6.45, 7) is 16.5. The second-order valence-electron chi connectivity index (χ2n) is 8.84. The highest BCUT2D eigenvalue weighted by molar-refractivity contribution is 8.07. The van der Waals surface area contributed by atoms with Gasteiger partial charge in [-0.25, -0.2) is 0 Å². The summed E-state index contributed by atoms with van der Waals surface area (Å²) in [6.07, 6.45) is 13.5. The normalized spacial score (nSPS) is 41.8. The second-order valence-corrected chi connectivity index (χ2v) is 10.3. The van der Waals surface area contributed by atoms with Gasteiger partial charge in [0.05, 0.1) is 0 Å². The topological polar surface area (TPSA) is 0 Å². The Morgan fingerprint density at radius 2 is 1.90 bits per heavy atom. The van der Waals surface area contributed by atoms with Gasteiger partial charge in [0, 0.05) is 10.5 Å². The number of hydrogen-bond donors (Lipinski definition) is 0. The van der Waals surface area contributed by atoms with Crippen LogP contribution in [-0.4, -0.2) is 10.5 Å². The van der Waals surface area contributed by atoms with Crippen molar-refractivity contribution in [2.45, 2.75) is 96.5 Å². The van der Waals surface area contributed by atoms with Gasteiger partial charge in [0.15, 0.2) is 0 Å². The first-order valence-electron chi connectivity index (χ1n) is 9.04. The van der Waals surface area contributed by atoms with E-state index in [4.69, 9.17) is 0 Å². The quantitative estimate of drug-likeness (QED) is 0.406. The average Bonchev–Trinajstić information content (AvgIpc) is 3.15. The van der Waals surface area contributed by atoms with Gasteiger partial charge in [-0.1, -0.05) is 66.4 Å². The van der Waals surface area contributed by atoms with Crippen LogP contribution in [0.15, 0.2) is 12.7 Å². The van der Waals surface area contributed by atoms with Crippen molar-refractivity contribution in [1.29, 1.82) is 0 Å². The van der Waals surface area contributed by atoms with E-state index in [-0.39, 0.29) is 5.41 Å². The van der Waals surface area contributed by atoms with E-state index in [9.17, 15) is 0 Å². The molecule has 4 unspecified atom stereocenters. The van der Waals surface area contributed by atoms with E-state index in [2.05, 4.69) is 59.0 Å². The molecular weight excluding hydrogens is 272 g/mol. The van der Waals surface area contributed by atoms with E-state index in [1.807, 2.05) is 0 Å². The number of fused-ring (bicyclic) bond motifs is 1. The summed E-state index contributed by atoms with van der Waals surface area (Å²) in [4.78, 5) is 0. The lowest BCUT2D eigenvalue weighted by Gasteiger charge is -2.48. The number of thioether (sulfide) groups is 1. The van der Waals surface area contributed by atoms with Crippen molar-refractivity contribution in [3.05, 3.63) is 12.7 Å². The second kappa shape index (κ2) is 6.30. The monoisotopic (exact) mass is 308 g/mol. The lowest BCUT2D eigenvalue weighted by atomic mass is 9.57. The molecule has 2 fully saturated rings. The van der Waals surface area contributed by atoms with Gasteiger partial charge < -0.3 is 0 Å². The van der Waals surface area contributed by atoms with Crippen LogP contribution in [0.3, 0.4) is 0 Å². The van der Waals surface area contributed by atoms with Crippen molar-refractivity contribution in [2.75, 3.05) is 0 Å². The molecule has 0 aromatic carbocycles. The third-order valence-electron chi connectivity index (χ3n) is 6.84. The molecule has 0 nitrogen and oxygen atoms in total. The Morgan fingerprint density at radius 3 is 2.52 bits per heavy atom. The number of rotatable bonds is 3. The summed E-state index contributed by atoms with van der Waals surface area (Å²) in [7, 11) is 0. The minimum atomic E-state index is 0.227. The smallest absolute Gasteiger partial charge is 0.0175 e. The maximum Gasteiger partial charge on any atom is 0.0175 e. The van der Waals surface area contributed by atoms with Crippen LogP contribution in [0.1, 0.15) is 86.0 Å². The lowest BCUT2D eigenvalue weighted by Crippen LogP contribution is -2.39. The van der Waals surface area contributed by atoms with E-state index in [1.165, 1.54) is 51.4 Å². The molecule has 21 heavy (non-hydrogen) atoms. The summed E-state index contributed by atoms with van der Waals surface area (Å²) < 4.78 is 0. The average molecular weight is 309 g/mol. The van der Waals surface area contributed by atoms with Gasteiger partial charge in [-0.2, -0.15) is 11.8 Å². The zero-order chi connectivity index (χ0) is 15.7. The standard InChI is InChI=1S/C20H36S/c1-7-18(3,4)20(6)14-17-16(21-17)12-10-9-11-13-19(5,8-2)15-20/h7,16-17H,1,8-15H2,2-6H3. The van der Waals surface area contributed by atoms with Gasteiger partial charge in [-0.3, -0.25) is 0 Å². The third-order valence-corrected chi connectivity index (χ3v) is 8.29. The Balaban J connectivity index is 2.26. The number of hydrogen-bond acceptors (Lipinski definition) is 1.